The van der Waals surface area contributed by atoms with Crippen molar-refractivity contribution in [1.29, 1.82) is 0 Å². The number of hydrogen-bond acceptors (Lipinski definition) is 1. The Morgan fingerprint density at radius 2 is 1.45 bits per heavy atom. The maximum atomic E-state index is 5.53. The Bertz CT molecular complexity index is 150. The summed E-state index contributed by atoms with van der Waals surface area (Å²) in [4.78, 5) is 2.08. The molecule has 0 heterocycles. The average Bonchev–Trinajstić information content (AvgIpc) is 2.07. The summed E-state index contributed by atoms with van der Waals surface area (Å²) in [7, 11) is 0. The maximum absolute atomic E-state index is 5.53. The third kappa shape index (κ3) is 5.58. The molecule has 0 aromatic heterocycles. The van der Waals surface area contributed by atoms with Crippen LogP contribution in [0.25, 0.3) is 0 Å². The first kappa shape index (κ1) is 12.4. The Morgan fingerprint density at radius 3 is 1.64 bits per heavy atom. The van der Waals surface area contributed by atoms with Gasteiger partial charge in [-0.3, -0.25) is 0 Å². The Labute approximate surface area is 97.6 Å². The van der Waals surface area contributed by atoms with E-state index in [4.69, 9.17) is 23.2 Å². The smallest absolute Gasteiger partial charge is 0.0355 e. The molecule has 0 amide bonds. The first-order valence-corrected chi connectivity index (χ1v) is 6.60. The van der Waals surface area contributed by atoms with Gasteiger partial charge in [0.05, 0.1) is 0 Å². The fourth-order valence-electron chi connectivity index (χ4n) is 0.326. The van der Waals surface area contributed by atoms with Gasteiger partial charge >= 0.3 is 0 Å². The van der Waals surface area contributed by atoms with Crippen molar-refractivity contribution >= 4 is 66.8 Å². The molecule has 11 heavy (non-hydrogen) atoms. The zero-order valence-corrected chi connectivity index (χ0v) is 11.0. The lowest BCUT2D eigenvalue weighted by Crippen LogP contribution is -1.80. The minimum Gasteiger partial charge on any atom is -0.0954 e. The predicted molar refractivity (Wildman–Crippen MR) is 63.1 cm³/mol. The molecular formula is C6H6Br2Cl2S. The fourth-order valence-corrected chi connectivity index (χ4v) is 2.67. The molecular weight excluding hydrogens is 335 g/mol. The lowest BCUT2D eigenvalue weighted by Gasteiger charge is -2.01. The molecule has 5 heteroatoms. The van der Waals surface area contributed by atoms with Crippen molar-refractivity contribution in [2.24, 2.45) is 0 Å². The van der Waals surface area contributed by atoms with Crippen molar-refractivity contribution in [3.05, 3.63) is 20.9 Å². The quantitative estimate of drug-likeness (QED) is 0.670. The summed E-state index contributed by atoms with van der Waals surface area (Å²) in [6, 6.07) is 0. The van der Waals surface area contributed by atoms with E-state index in [1.807, 2.05) is 0 Å². The number of hydrogen-bond donors (Lipinski definition) is 0. The zero-order valence-electron chi connectivity index (χ0n) is 5.49. The normalized spacial score (nSPS) is 13.8. The molecule has 0 aliphatic carbocycles. The monoisotopic (exact) mass is 338 g/mol. The van der Waals surface area contributed by atoms with E-state index in [0.29, 0.717) is 0 Å². The molecule has 0 saturated heterocycles. The van der Waals surface area contributed by atoms with Gasteiger partial charge in [0.1, 0.15) is 0 Å². The van der Waals surface area contributed by atoms with Crippen LogP contribution in [-0.4, -0.2) is 10.7 Å². The van der Waals surface area contributed by atoms with Crippen LogP contribution in [0.3, 0.4) is 0 Å². The van der Waals surface area contributed by atoms with E-state index in [2.05, 4.69) is 31.9 Å². The first-order valence-electron chi connectivity index (χ1n) is 2.66. The van der Waals surface area contributed by atoms with Crippen molar-refractivity contribution in [3.63, 3.8) is 0 Å². The summed E-state index contributed by atoms with van der Waals surface area (Å²) in [6.45, 7) is 0. The number of alkyl halides is 2. The highest BCUT2D eigenvalue weighted by molar-refractivity contribution is 9.09. The molecule has 0 radical (unpaired) electrons. The first-order chi connectivity index (χ1) is 5.28. The molecule has 0 atom stereocenters. The topological polar surface area (TPSA) is 0 Å². The molecule has 0 saturated carbocycles. The van der Waals surface area contributed by atoms with Crippen LogP contribution in [0.15, 0.2) is 20.9 Å². The average molecular weight is 341 g/mol. The number of halogens is 4. The van der Waals surface area contributed by atoms with Gasteiger partial charge < -0.3 is 0 Å². The highest BCUT2D eigenvalue weighted by atomic mass is 79.9. The molecule has 0 aromatic carbocycles. The Hall–Kier alpha value is 1.37. The van der Waals surface area contributed by atoms with E-state index < -0.39 is 0 Å². The SMILES string of the molecule is Cl/C=C(\CBr)S/C(=C/Cl)CBr. The van der Waals surface area contributed by atoms with Crippen LogP contribution < -0.4 is 0 Å². The van der Waals surface area contributed by atoms with Crippen LogP contribution in [0.4, 0.5) is 0 Å². The van der Waals surface area contributed by atoms with Gasteiger partial charge in [-0.1, -0.05) is 66.8 Å². The lowest BCUT2D eigenvalue weighted by molar-refractivity contribution is 1.73. The Balaban J connectivity index is 4.00. The van der Waals surface area contributed by atoms with Crippen LogP contribution in [0.1, 0.15) is 0 Å². The zero-order chi connectivity index (χ0) is 8.69. The highest BCUT2D eigenvalue weighted by Crippen LogP contribution is 2.28. The molecule has 0 aromatic rings. The second-order valence-corrected chi connectivity index (χ2v) is 4.33. The standard InChI is InChI=1S/C6H6Br2Cl2S/c7-1-5(3-9)11-6(2-8)4-10/h3-4H,1-2H2/b5-3+,6-4+. The third-order valence-corrected chi connectivity index (χ3v) is 4.55. The van der Waals surface area contributed by atoms with Crippen LogP contribution in [0.2, 0.25) is 0 Å². The second-order valence-electron chi connectivity index (χ2n) is 1.52. The van der Waals surface area contributed by atoms with E-state index in [1.54, 1.807) is 22.8 Å². The molecule has 0 unspecified atom stereocenters. The van der Waals surface area contributed by atoms with E-state index in [1.165, 1.54) is 0 Å². The van der Waals surface area contributed by atoms with Gasteiger partial charge in [-0.05, 0) is 0 Å². The summed E-state index contributed by atoms with van der Waals surface area (Å²) in [5, 5.41) is 1.50. The number of rotatable bonds is 4. The number of allylic oxidation sites excluding steroid dienone is 2. The molecule has 0 rings (SSSR count). The Kier molecular flexibility index (Phi) is 8.99. The lowest BCUT2D eigenvalue weighted by atomic mass is 10.7. The van der Waals surface area contributed by atoms with Gasteiger partial charge in [0.2, 0.25) is 0 Å². The van der Waals surface area contributed by atoms with Crippen LogP contribution in [0, 0.1) is 0 Å². The summed E-state index contributed by atoms with van der Waals surface area (Å²) in [5.74, 6) is 0. The Morgan fingerprint density at radius 1 is 1.09 bits per heavy atom. The molecule has 0 nitrogen and oxygen atoms in total. The second kappa shape index (κ2) is 7.99. The third-order valence-electron chi connectivity index (χ3n) is 0.769. The molecule has 0 fully saturated rings. The van der Waals surface area contributed by atoms with Crippen molar-refractivity contribution in [1.82, 2.24) is 0 Å². The molecule has 0 bridgehead atoms. The van der Waals surface area contributed by atoms with Gasteiger partial charge in [0, 0.05) is 31.5 Å². The van der Waals surface area contributed by atoms with Crippen molar-refractivity contribution < 1.29 is 0 Å². The van der Waals surface area contributed by atoms with Crippen molar-refractivity contribution in [2.75, 3.05) is 10.7 Å². The number of thioether (sulfide) groups is 1. The van der Waals surface area contributed by atoms with Gasteiger partial charge in [-0.15, -0.1) is 0 Å². The van der Waals surface area contributed by atoms with E-state index in [-0.39, 0.29) is 0 Å². The predicted octanol–water partition coefficient (Wildman–Crippen LogP) is 4.67. The van der Waals surface area contributed by atoms with Gasteiger partial charge in [-0.2, -0.15) is 0 Å². The van der Waals surface area contributed by atoms with E-state index in [0.717, 1.165) is 20.5 Å². The van der Waals surface area contributed by atoms with Crippen LogP contribution >= 0.6 is 66.8 Å². The van der Waals surface area contributed by atoms with E-state index in [9.17, 15) is 0 Å². The van der Waals surface area contributed by atoms with Crippen molar-refractivity contribution in [2.45, 2.75) is 0 Å². The summed E-state index contributed by atoms with van der Waals surface area (Å²) < 4.78 is 0. The molecule has 0 aliphatic rings. The summed E-state index contributed by atoms with van der Waals surface area (Å²) in [6.07, 6.45) is 0. The molecule has 0 N–H and O–H groups in total. The molecule has 64 valence electrons. The summed E-state index contributed by atoms with van der Waals surface area (Å²) in [5.41, 5.74) is 3.09. The minimum absolute atomic E-state index is 0.752. The molecule has 0 aliphatic heterocycles. The van der Waals surface area contributed by atoms with Crippen LogP contribution in [-0.2, 0) is 0 Å². The highest BCUT2D eigenvalue weighted by Gasteiger charge is 1.99. The maximum Gasteiger partial charge on any atom is 0.0355 e. The van der Waals surface area contributed by atoms with Gasteiger partial charge in [0.15, 0.2) is 0 Å². The minimum atomic E-state index is 0.752. The van der Waals surface area contributed by atoms with Crippen molar-refractivity contribution in [3.8, 4) is 0 Å². The van der Waals surface area contributed by atoms with Gasteiger partial charge in [-0.25, -0.2) is 0 Å². The largest absolute Gasteiger partial charge is 0.0954 e. The van der Waals surface area contributed by atoms with E-state index >= 15 is 0 Å². The summed E-state index contributed by atoms with van der Waals surface area (Å²) >= 11 is 19.2. The fraction of sp³-hybridized carbons (Fsp3) is 0.333. The molecule has 0 spiro atoms. The van der Waals surface area contributed by atoms with Gasteiger partial charge in [0.25, 0.3) is 0 Å². The van der Waals surface area contributed by atoms with Crippen LogP contribution in [0.5, 0.6) is 0 Å².